The Morgan fingerprint density at radius 2 is 1.83 bits per heavy atom. The van der Waals surface area contributed by atoms with Crippen LogP contribution in [0.1, 0.15) is 24.8 Å². The Kier molecular flexibility index (Phi) is 9.89. The van der Waals surface area contributed by atoms with Gasteiger partial charge >= 0.3 is 0 Å². The highest BCUT2D eigenvalue weighted by molar-refractivity contribution is 6.32. The van der Waals surface area contributed by atoms with Gasteiger partial charge in [0.05, 0.1) is 30.8 Å². The third-order valence-electron chi connectivity index (χ3n) is 10.3. The number of ether oxygens (including phenoxy) is 1. The predicted octanol–water partition coefficient (Wildman–Crippen LogP) is 4.65. The largest absolute Gasteiger partial charge is 0.496 e. The molecule has 2 aromatic carbocycles. The molecule has 11 nitrogen and oxygen atoms in total. The highest BCUT2D eigenvalue weighted by Crippen LogP contribution is 2.39. The van der Waals surface area contributed by atoms with Crippen molar-refractivity contribution in [2.75, 3.05) is 56.6 Å². The van der Waals surface area contributed by atoms with Crippen molar-refractivity contribution in [2.45, 2.75) is 43.8 Å². The first-order valence-electron chi connectivity index (χ1n) is 17.2. The van der Waals surface area contributed by atoms with Crippen molar-refractivity contribution in [2.24, 2.45) is 7.05 Å². The van der Waals surface area contributed by atoms with Crippen molar-refractivity contribution < 1.29 is 27.5 Å². The molecule has 2 aromatic heterocycles. The topological polar surface area (TPSA) is 112 Å². The molecule has 5 heterocycles. The Hall–Kier alpha value is -4.66. The van der Waals surface area contributed by atoms with Gasteiger partial charge in [-0.2, -0.15) is 0 Å². The molecule has 2 amide bonds. The monoisotopic (exact) mass is 737 g/mol. The van der Waals surface area contributed by atoms with Gasteiger partial charge in [0, 0.05) is 93.2 Å². The van der Waals surface area contributed by atoms with Crippen LogP contribution in [0.5, 0.6) is 5.75 Å². The smallest absolute Gasteiger partial charge is 0.275 e. The van der Waals surface area contributed by atoms with E-state index in [9.17, 15) is 14.4 Å². The normalized spacial score (nSPS) is 21.3. The summed E-state index contributed by atoms with van der Waals surface area (Å²) in [5.41, 5.74) is 2.71. The first-order chi connectivity index (χ1) is 24.9. The number of pyridine rings is 2. The molecule has 7 rings (SSSR count). The van der Waals surface area contributed by atoms with E-state index in [0.29, 0.717) is 77.6 Å². The fraction of sp³-hybridized carbons (Fsp3) is 0.405. The van der Waals surface area contributed by atoms with Crippen LogP contribution < -0.4 is 25.8 Å². The van der Waals surface area contributed by atoms with E-state index in [1.54, 1.807) is 53.5 Å². The van der Waals surface area contributed by atoms with Gasteiger partial charge in [0.25, 0.3) is 11.5 Å². The number of imide groups is 1. The zero-order valence-electron chi connectivity index (χ0n) is 28.8. The number of nitrogens with zero attached hydrogens (tertiary/aromatic N) is 5. The highest BCUT2D eigenvalue weighted by atomic mass is 35.5. The van der Waals surface area contributed by atoms with Gasteiger partial charge < -0.3 is 19.5 Å². The summed E-state index contributed by atoms with van der Waals surface area (Å²) in [5.74, 6) is -3.79. The van der Waals surface area contributed by atoms with Crippen molar-refractivity contribution in [3.63, 3.8) is 0 Å². The molecule has 2 N–H and O–H groups in total. The fourth-order valence-corrected chi connectivity index (χ4v) is 7.88. The van der Waals surface area contributed by atoms with Crippen molar-refractivity contribution in [1.29, 1.82) is 0 Å². The van der Waals surface area contributed by atoms with E-state index in [0.717, 1.165) is 11.1 Å². The molecule has 274 valence electrons. The van der Waals surface area contributed by atoms with Gasteiger partial charge in [-0.25, -0.2) is 13.2 Å². The molecule has 3 aliphatic heterocycles. The van der Waals surface area contributed by atoms with Gasteiger partial charge in [-0.15, -0.1) is 0 Å². The summed E-state index contributed by atoms with van der Waals surface area (Å²) in [5, 5.41) is 6.82. The molecule has 3 fully saturated rings. The maximum atomic E-state index is 15.9. The third kappa shape index (κ3) is 7.06. The summed E-state index contributed by atoms with van der Waals surface area (Å²) in [6.45, 7) is 1.62. The molecule has 0 saturated carbocycles. The maximum Gasteiger partial charge on any atom is 0.275 e. The summed E-state index contributed by atoms with van der Waals surface area (Å²) >= 11 is 6.82. The Bertz CT molecular complexity index is 2090. The number of methoxy groups -OCH3 is 1. The molecule has 0 radical (unpaired) electrons. The van der Waals surface area contributed by atoms with Crippen LogP contribution in [0.2, 0.25) is 5.02 Å². The number of aromatic nitrogens is 2. The van der Waals surface area contributed by atoms with E-state index < -0.39 is 36.3 Å². The fourth-order valence-electron chi connectivity index (χ4n) is 7.61. The summed E-state index contributed by atoms with van der Waals surface area (Å²) in [6.07, 6.45) is 5.66. The van der Waals surface area contributed by atoms with Crippen LogP contribution in [-0.2, 0) is 23.2 Å². The number of alkyl halides is 2. The number of carbonyl (C=O) groups is 2. The number of piperidine rings is 2. The molecule has 2 atom stereocenters. The molecule has 3 saturated heterocycles. The van der Waals surface area contributed by atoms with Crippen molar-refractivity contribution in [3.8, 4) is 16.9 Å². The number of nitrogens with one attached hydrogen (secondary N) is 2. The lowest BCUT2D eigenvalue weighted by atomic mass is 9.96. The van der Waals surface area contributed by atoms with Crippen molar-refractivity contribution in [3.05, 3.63) is 81.7 Å². The first-order valence-corrected chi connectivity index (χ1v) is 17.6. The minimum Gasteiger partial charge on any atom is -0.496 e. The Labute approximate surface area is 303 Å². The number of piperazine rings is 1. The van der Waals surface area contributed by atoms with Crippen LogP contribution in [0.25, 0.3) is 21.9 Å². The number of rotatable bonds is 8. The standard InChI is InChI=1S/C37H39ClF3N7O4/c1-45-19-26(24-7-9-42-18-25(24)36(45)51)22-15-28(38)27(32(16-22)52-2)20-46-10-8-33(37(40,41)21-46)48-13-11-47(12-14-48)31-5-3-23(17-29(31)39)43-30-4-6-34(49)44-35(30)50/h3,5,7,9,15-19,30,33,43H,4,6,8,10-14,20-21H2,1-2H3,(H,44,49,50)/t30-,33-/m0/s1. The third-order valence-corrected chi connectivity index (χ3v) is 10.7. The van der Waals surface area contributed by atoms with E-state index >= 15 is 13.2 Å². The minimum atomic E-state index is -3.00. The number of carbonyl (C=O) groups excluding carboxylic acids is 2. The number of benzene rings is 2. The lowest BCUT2D eigenvalue weighted by Crippen LogP contribution is -2.61. The summed E-state index contributed by atoms with van der Waals surface area (Å²) in [6, 6.07) is 8.39. The van der Waals surface area contributed by atoms with Gasteiger partial charge in [0.2, 0.25) is 11.8 Å². The zero-order valence-corrected chi connectivity index (χ0v) is 29.6. The van der Waals surface area contributed by atoms with E-state index in [1.165, 1.54) is 23.9 Å². The second kappa shape index (κ2) is 14.4. The van der Waals surface area contributed by atoms with Gasteiger partial charge in [-0.05, 0) is 60.2 Å². The van der Waals surface area contributed by atoms with Gasteiger partial charge in [0.15, 0.2) is 0 Å². The average Bonchev–Trinajstić information content (AvgIpc) is 3.12. The predicted molar refractivity (Wildman–Crippen MR) is 193 cm³/mol. The molecule has 0 spiro atoms. The van der Waals surface area contributed by atoms with Crippen molar-refractivity contribution in [1.82, 2.24) is 24.7 Å². The summed E-state index contributed by atoms with van der Waals surface area (Å²) < 4.78 is 54.1. The van der Waals surface area contributed by atoms with Crippen LogP contribution in [0, 0.1) is 5.82 Å². The molecule has 15 heteroatoms. The number of hydrogen-bond acceptors (Lipinski definition) is 9. The highest BCUT2D eigenvalue weighted by Gasteiger charge is 2.48. The quantitative estimate of drug-likeness (QED) is 0.250. The lowest BCUT2D eigenvalue weighted by molar-refractivity contribution is -0.133. The number of likely N-dealkylation sites (tertiary alicyclic amines) is 1. The van der Waals surface area contributed by atoms with Gasteiger partial charge in [0.1, 0.15) is 17.6 Å². The second-order valence-electron chi connectivity index (χ2n) is 13.6. The van der Waals surface area contributed by atoms with Gasteiger partial charge in [-0.3, -0.25) is 34.5 Å². The van der Waals surface area contributed by atoms with Crippen LogP contribution in [0.4, 0.5) is 24.5 Å². The Balaban J connectivity index is 0.985. The molecule has 0 aliphatic carbocycles. The SMILES string of the molecule is COc1cc(-c2cn(C)c(=O)c3cnccc23)cc(Cl)c1CN1CC[C@H](N2CCN(c3ccc(N[C@H]4CCC(=O)NC4=O)cc3F)CC2)C(F)(F)C1. The van der Waals surface area contributed by atoms with Crippen molar-refractivity contribution >= 4 is 45.6 Å². The molecule has 0 bridgehead atoms. The lowest BCUT2D eigenvalue weighted by Gasteiger charge is -2.46. The van der Waals surface area contributed by atoms with Crippen LogP contribution in [-0.4, -0.2) is 95.5 Å². The number of aryl methyl sites for hydroxylation is 1. The minimum absolute atomic E-state index is 0.171. The zero-order chi connectivity index (χ0) is 36.7. The van der Waals surface area contributed by atoms with Crippen LogP contribution in [0.15, 0.2) is 59.8 Å². The average molecular weight is 738 g/mol. The molecule has 0 unspecified atom stereocenters. The first kappa shape index (κ1) is 35.7. The number of hydrogen-bond donors (Lipinski definition) is 2. The number of amides is 2. The van der Waals surface area contributed by atoms with Gasteiger partial charge in [-0.1, -0.05) is 11.6 Å². The van der Waals surface area contributed by atoms with E-state index in [2.05, 4.69) is 15.6 Å². The number of halogens is 4. The maximum absolute atomic E-state index is 15.9. The Morgan fingerprint density at radius 1 is 1.04 bits per heavy atom. The van der Waals surface area contributed by atoms with E-state index in [1.807, 2.05) is 11.0 Å². The molecule has 4 aromatic rings. The Morgan fingerprint density at radius 3 is 2.54 bits per heavy atom. The number of anilines is 2. The van der Waals surface area contributed by atoms with E-state index in [4.69, 9.17) is 16.3 Å². The molecular weight excluding hydrogens is 699 g/mol. The van der Waals surface area contributed by atoms with Crippen LogP contribution in [0.3, 0.4) is 0 Å². The molecule has 3 aliphatic rings. The molecular formula is C37H39ClF3N7O4. The molecule has 52 heavy (non-hydrogen) atoms. The summed E-state index contributed by atoms with van der Waals surface area (Å²) in [7, 11) is 3.18. The second-order valence-corrected chi connectivity index (χ2v) is 14.0. The number of fused-ring (bicyclic) bond motifs is 1. The van der Waals surface area contributed by atoms with E-state index in [-0.39, 0.29) is 30.9 Å². The summed E-state index contributed by atoms with van der Waals surface area (Å²) in [4.78, 5) is 45.6. The van der Waals surface area contributed by atoms with Crippen LogP contribution >= 0.6 is 11.6 Å².